The number of nitrogens with zero attached hydrogens (tertiary/aromatic N) is 2. The summed E-state index contributed by atoms with van der Waals surface area (Å²) in [6.07, 6.45) is 2.08. The minimum Gasteiger partial charge on any atom is -0.265 e. The number of hydrazone groups is 1. The quantitative estimate of drug-likeness (QED) is 0.683. The Balaban J connectivity index is 2.10. The zero-order valence-corrected chi connectivity index (χ0v) is 9.64. The molecule has 1 atom stereocenters. The van der Waals surface area contributed by atoms with Gasteiger partial charge in [0.2, 0.25) is 0 Å². The summed E-state index contributed by atoms with van der Waals surface area (Å²) in [5.74, 6) is 0.540. The fraction of sp³-hybridized carbons (Fsp3) is 0.462. The van der Waals surface area contributed by atoms with Crippen LogP contribution in [0.1, 0.15) is 20.8 Å². The molecule has 0 radical (unpaired) electrons. The lowest BCUT2D eigenvalue weighted by Gasteiger charge is -2.25. The van der Waals surface area contributed by atoms with Gasteiger partial charge in [0.05, 0.1) is 5.69 Å². The van der Waals surface area contributed by atoms with E-state index in [4.69, 9.17) is 0 Å². The van der Waals surface area contributed by atoms with Gasteiger partial charge in [-0.15, -0.1) is 0 Å². The Morgan fingerprint density at radius 2 is 1.87 bits per heavy atom. The van der Waals surface area contributed by atoms with Crippen molar-refractivity contribution in [2.75, 3.05) is 11.6 Å². The maximum atomic E-state index is 4.46. The van der Waals surface area contributed by atoms with Crippen LogP contribution in [0.5, 0.6) is 0 Å². The maximum Gasteiger partial charge on any atom is 0.0594 e. The van der Waals surface area contributed by atoms with Gasteiger partial charge < -0.3 is 0 Å². The summed E-state index contributed by atoms with van der Waals surface area (Å²) in [6.45, 7) is 7.78. The SMILES string of the molecule is CC(C)(C)C1C=NN(c2ccccc2)C1. The topological polar surface area (TPSA) is 15.6 Å². The average Bonchev–Trinajstić information content (AvgIpc) is 2.67. The zero-order valence-electron chi connectivity index (χ0n) is 9.64. The van der Waals surface area contributed by atoms with Crippen LogP contribution < -0.4 is 5.01 Å². The van der Waals surface area contributed by atoms with Crippen molar-refractivity contribution in [1.82, 2.24) is 0 Å². The van der Waals surface area contributed by atoms with E-state index in [2.05, 4.69) is 61.4 Å². The van der Waals surface area contributed by atoms with Gasteiger partial charge in [-0.25, -0.2) is 0 Å². The van der Waals surface area contributed by atoms with Gasteiger partial charge in [0.15, 0.2) is 0 Å². The van der Waals surface area contributed by atoms with Crippen molar-refractivity contribution in [2.45, 2.75) is 20.8 Å². The third-order valence-electron chi connectivity index (χ3n) is 2.92. The van der Waals surface area contributed by atoms with E-state index >= 15 is 0 Å². The van der Waals surface area contributed by atoms with Gasteiger partial charge in [-0.1, -0.05) is 39.0 Å². The van der Waals surface area contributed by atoms with Crippen LogP contribution in [0.25, 0.3) is 0 Å². The van der Waals surface area contributed by atoms with E-state index in [1.807, 2.05) is 6.07 Å². The second kappa shape index (κ2) is 3.69. The summed E-state index contributed by atoms with van der Waals surface area (Å²) in [7, 11) is 0. The molecule has 0 aliphatic carbocycles. The molecule has 0 amide bonds. The standard InChI is InChI=1S/C13H18N2/c1-13(2,3)11-9-14-15(10-11)12-7-5-4-6-8-12/h4-9,11H,10H2,1-3H3. The van der Waals surface area contributed by atoms with Crippen molar-refractivity contribution < 1.29 is 0 Å². The summed E-state index contributed by atoms with van der Waals surface area (Å²) in [5.41, 5.74) is 1.48. The normalized spacial score (nSPS) is 21.0. The summed E-state index contributed by atoms with van der Waals surface area (Å²) < 4.78 is 0. The van der Waals surface area contributed by atoms with E-state index in [9.17, 15) is 0 Å². The van der Waals surface area contributed by atoms with Crippen LogP contribution >= 0.6 is 0 Å². The highest BCUT2D eigenvalue weighted by molar-refractivity contribution is 5.69. The monoisotopic (exact) mass is 202 g/mol. The molecule has 1 aromatic carbocycles. The van der Waals surface area contributed by atoms with Crippen molar-refractivity contribution in [3.05, 3.63) is 30.3 Å². The molecule has 2 rings (SSSR count). The van der Waals surface area contributed by atoms with Crippen LogP contribution in [-0.4, -0.2) is 12.8 Å². The van der Waals surface area contributed by atoms with Crippen molar-refractivity contribution in [3.8, 4) is 0 Å². The van der Waals surface area contributed by atoms with Crippen LogP contribution in [0.3, 0.4) is 0 Å². The molecule has 0 aromatic heterocycles. The number of para-hydroxylation sites is 1. The molecule has 0 bridgehead atoms. The molecule has 80 valence electrons. The van der Waals surface area contributed by atoms with E-state index in [-0.39, 0.29) is 0 Å². The van der Waals surface area contributed by atoms with E-state index < -0.39 is 0 Å². The number of hydrogen-bond acceptors (Lipinski definition) is 2. The third kappa shape index (κ3) is 2.20. The largest absolute Gasteiger partial charge is 0.265 e. The van der Waals surface area contributed by atoms with E-state index in [1.54, 1.807) is 0 Å². The molecule has 15 heavy (non-hydrogen) atoms. The smallest absolute Gasteiger partial charge is 0.0594 e. The molecule has 1 aliphatic rings. The van der Waals surface area contributed by atoms with Crippen LogP contribution in [0.4, 0.5) is 5.69 Å². The van der Waals surface area contributed by atoms with E-state index in [0.717, 1.165) is 6.54 Å². The lowest BCUT2D eigenvalue weighted by Crippen LogP contribution is -2.27. The predicted molar refractivity (Wildman–Crippen MR) is 65.2 cm³/mol. The molecule has 1 aromatic rings. The van der Waals surface area contributed by atoms with E-state index in [0.29, 0.717) is 11.3 Å². The van der Waals surface area contributed by atoms with Crippen molar-refractivity contribution >= 4 is 11.9 Å². The highest BCUT2D eigenvalue weighted by atomic mass is 15.5. The lowest BCUT2D eigenvalue weighted by atomic mass is 9.82. The first-order valence-corrected chi connectivity index (χ1v) is 5.44. The van der Waals surface area contributed by atoms with Gasteiger partial charge in [-0.05, 0) is 17.5 Å². The molecule has 1 heterocycles. The summed E-state index contributed by atoms with van der Waals surface area (Å²) in [5, 5.41) is 6.54. The summed E-state index contributed by atoms with van der Waals surface area (Å²) in [6, 6.07) is 10.3. The van der Waals surface area contributed by atoms with Crippen molar-refractivity contribution in [3.63, 3.8) is 0 Å². The predicted octanol–water partition coefficient (Wildman–Crippen LogP) is 3.15. The molecule has 0 N–H and O–H groups in total. The first kappa shape index (κ1) is 10.2. The Morgan fingerprint density at radius 3 is 2.40 bits per heavy atom. The molecule has 0 saturated carbocycles. The van der Waals surface area contributed by atoms with Crippen LogP contribution in [0.15, 0.2) is 35.4 Å². The first-order chi connectivity index (χ1) is 7.07. The highest BCUT2D eigenvalue weighted by Gasteiger charge is 2.29. The molecular weight excluding hydrogens is 184 g/mol. The number of rotatable bonds is 1. The van der Waals surface area contributed by atoms with Gasteiger partial charge in [-0.3, -0.25) is 5.01 Å². The molecule has 0 saturated heterocycles. The Labute approximate surface area is 91.6 Å². The van der Waals surface area contributed by atoms with Gasteiger partial charge >= 0.3 is 0 Å². The molecule has 2 heteroatoms. The minimum atomic E-state index is 0.299. The summed E-state index contributed by atoms with van der Waals surface area (Å²) in [4.78, 5) is 0. The molecular formula is C13H18N2. The second-order valence-electron chi connectivity index (χ2n) is 5.15. The molecule has 2 nitrogen and oxygen atoms in total. The van der Waals surface area contributed by atoms with Gasteiger partial charge in [0.25, 0.3) is 0 Å². The zero-order chi connectivity index (χ0) is 10.9. The molecule has 1 aliphatic heterocycles. The molecule has 0 spiro atoms. The Morgan fingerprint density at radius 1 is 1.20 bits per heavy atom. The minimum absolute atomic E-state index is 0.299. The number of hydrogen-bond donors (Lipinski definition) is 0. The number of anilines is 1. The van der Waals surface area contributed by atoms with Crippen LogP contribution in [0.2, 0.25) is 0 Å². The average molecular weight is 202 g/mol. The fourth-order valence-corrected chi connectivity index (χ4v) is 1.71. The second-order valence-corrected chi connectivity index (χ2v) is 5.15. The third-order valence-corrected chi connectivity index (χ3v) is 2.92. The van der Waals surface area contributed by atoms with Gasteiger partial charge in [-0.2, -0.15) is 5.10 Å². The van der Waals surface area contributed by atoms with Crippen molar-refractivity contribution in [2.24, 2.45) is 16.4 Å². The number of benzene rings is 1. The van der Waals surface area contributed by atoms with Gasteiger partial charge in [0, 0.05) is 18.7 Å². The first-order valence-electron chi connectivity index (χ1n) is 5.44. The van der Waals surface area contributed by atoms with Crippen LogP contribution in [0, 0.1) is 11.3 Å². The van der Waals surface area contributed by atoms with Crippen molar-refractivity contribution in [1.29, 1.82) is 0 Å². The fourth-order valence-electron chi connectivity index (χ4n) is 1.71. The lowest BCUT2D eigenvalue weighted by molar-refractivity contribution is 0.329. The Bertz CT molecular complexity index is 349. The molecule has 1 unspecified atom stereocenters. The van der Waals surface area contributed by atoms with E-state index in [1.165, 1.54) is 5.69 Å². The Kier molecular flexibility index (Phi) is 2.51. The Hall–Kier alpha value is -1.31. The van der Waals surface area contributed by atoms with Crippen LogP contribution in [-0.2, 0) is 0 Å². The van der Waals surface area contributed by atoms with Gasteiger partial charge in [0.1, 0.15) is 0 Å². The summed E-state index contributed by atoms with van der Waals surface area (Å²) >= 11 is 0. The molecule has 0 fully saturated rings. The highest BCUT2D eigenvalue weighted by Crippen LogP contribution is 2.30. The maximum absolute atomic E-state index is 4.46.